The number of amides is 1. The number of nitrogens with two attached hydrogens (primary N) is 1. The Bertz CT molecular complexity index is 611. The summed E-state index contributed by atoms with van der Waals surface area (Å²) in [5.74, 6) is 0.368. The summed E-state index contributed by atoms with van der Waals surface area (Å²) in [7, 11) is 0. The summed E-state index contributed by atoms with van der Waals surface area (Å²) in [5.41, 5.74) is 8.51. The van der Waals surface area contributed by atoms with Crippen LogP contribution in [0.5, 0.6) is 5.75 Å². The van der Waals surface area contributed by atoms with Gasteiger partial charge in [-0.1, -0.05) is 36.4 Å². The Labute approximate surface area is 124 Å². The van der Waals surface area contributed by atoms with Crippen LogP contribution in [0.3, 0.4) is 0 Å². The van der Waals surface area contributed by atoms with E-state index in [0.717, 1.165) is 18.0 Å². The van der Waals surface area contributed by atoms with Crippen LogP contribution >= 0.6 is 0 Å². The van der Waals surface area contributed by atoms with Crippen molar-refractivity contribution in [2.75, 3.05) is 11.9 Å². The maximum Gasteiger partial charge on any atom is 0.220 e. The molecule has 4 nitrogen and oxygen atoms in total. The van der Waals surface area contributed by atoms with Gasteiger partial charge >= 0.3 is 0 Å². The van der Waals surface area contributed by atoms with E-state index < -0.39 is 0 Å². The molecule has 21 heavy (non-hydrogen) atoms. The lowest BCUT2D eigenvalue weighted by Crippen LogP contribution is -2.15. The lowest BCUT2D eigenvalue weighted by molar-refractivity contribution is -0.118. The number of rotatable bonds is 7. The van der Waals surface area contributed by atoms with Crippen LogP contribution in [0, 0.1) is 6.92 Å². The third kappa shape index (κ3) is 4.53. The molecule has 4 heteroatoms. The van der Waals surface area contributed by atoms with Crippen molar-refractivity contribution in [1.29, 1.82) is 0 Å². The van der Waals surface area contributed by atoms with Crippen molar-refractivity contribution in [3.8, 4) is 5.75 Å². The maximum absolute atomic E-state index is 10.7. The second kappa shape index (κ2) is 7.33. The number of carbonyl (C=O) groups excluding carboxylic acids is 1. The summed E-state index contributed by atoms with van der Waals surface area (Å²) < 4.78 is 5.60. The maximum atomic E-state index is 10.7. The van der Waals surface area contributed by atoms with Gasteiger partial charge in [0.15, 0.2) is 0 Å². The number of anilines is 1. The average Bonchev–Trinajstić information content (AvgIpc) is 2.47. The zero-order valence-corrected chi connectivity index (χ0v) is 12.1. The van der Waals surface area contributed by atoms with Gasteiger partial charge in [0.25, 0.3) is 0 Å². The SMILES string of the molecule is Cc1ccccc1CNc1ccccc1OCCC(N)=O. The highest BCUT2D eigenvalue weighted by atomic mass is 16.5. The first-order chi connectivity index (χ1) is 10.2. The van der Waals surface area contributed by atoms with Crippen LogP contribution in [-0.2, 0) is 11.3 Å². The highest BCUT2D eigenvalue weighted by Gasteiger charge is 2.04. The Kier molecular flexibility index (Phi) is 5.21. The molecule has 2 aromatic rings. The van der Waals surface area contributed by atoms with E-state index in [9.17, 15) is 4.79 Å². The summed E-state index contributed by atoms with van der Waals surface area (Å²) in [6.07, 6.45) is 0.214. The number of para-hydroxylation sites is 2. The lowest BCUT2D eigenvalue weighted by atomic mass is 10.1. The van der Waals surface area contributed by atoms with Gasteiger partial charge in [0.2, 0.25) is 5.91 Å². The van der Waals surface area contributed by atoms with Gasteiger partial charge in [-0.15, -0.1) is 0 Å². The normalized spacial score (nSPS) is 10.1. The molecule has 0 saturated heterocycles. The molecule has 0 fully saturated rings. The van der Waals surface area contributed by atoms with Gasteiger partial charge in [0.05, 0.1) is 18.7 Å². The van der Waals surface area contributed by atoms with Crippen molar-refractivity contribution < 1.29 is 9.53 Å². The number of benzene rings is 2. The number of primary amides is 1. The molecule has 0 aliphatic rings. The molecule has 110 valence electrons. The molecule has 0 spiro atoms. The second-order valence-electron chi connectivity index (χ2n) is 4.84. The quantitative estimate of drug-likeness (QED) is 0.821. The predicted octanol–water partition coefficient (Wildman–Crippen LogP) is 2.86. The highest BCUT2D eigenvalue weighted by molar-refractivity contribution is 5.73. The van der Waals surface area contributed by atoms with E-state index in [2.05, 4.69) is 24.4 Å². The summed E-state index contributed by atoms with van der Waals surface area (Å²) in [4.78, 5) is 10.7. The van der Waals surface area contributed by atoms with Gasteiger partial charge in [-0.2, -0.15) is 0 Å². The van der Waals surface area contributed by atoms with Crippen molar-refractivity contribution in [1.82, 2.24) is 0 Å². The Balaban J connectivity index is 1.99. The molecule has 0 saturated carbocycles. The van der Waals surface area contributed by atoms with Crippen molar-refractivity contribution >= 4 is 11.6 Å². The van der Waals surface area contributed by atoms with E-state index in [1.807, 2.05) is 36.4 Å². The Morgan fingerprint density at radius 1 is 1.14 bits per heavy atom. The average molecular weight is 284 g/mol. The van der Waals surface area contributed by atoms with Crippen molar-refractivity contribution in [2.45, 2.75) is 19.9 Å². The highest BCUT2D eigenvalue weighted by Crippen LogP contribution is 2.24. The molecular formula is C17H20N2O2. The van der Waals surface area contributed by atoms with Crippen LogP contribution in [0.2, 0.25) is 0 Å². The smallest absolute Gasteiger partial charge is 0.220 e. The third-order valence-corrected chi connectivity index (χ3v) is 3.22. The van der Waals surface area contributed by atoms with Gasteiger partial charge in [0.1, 0.15) is 5.75 Å². The minimum absolute atomic E-state index is 0.214. The molecule has 2 rings (SSSR count). The van der Waals surface area contributed by atoms with E-state index in [4.69, 9.17) is 10.5 Å². The van der Waals surface area contributed by atoms with Crippen molar-refractivity contribution in [3.63, 3.8) is 0 Å². The molecule has 0 aliphatic heterocycles. The fourth-order valence-corrected chi connectivity index (χ4v) is 2.00. The van der Waals surface area contributed by atoms with Crippen LogP contribution in [-0.4, -0.2) is 12.5 Å². The number of hydrogen-bond donors (Lipinski definition) is 2. The molecule has 0 bridgehead atoms. The summed E-state index contributed by atoms with van der Waals surface area (Å²) in [6, 6.07) is 15.9. The van der Waals surface area contributed by atoms with Crippen LogP contribution in [0.4, 0.5) is 5.69 Å². The zero-order chi connectivity index (χ0) is 15.1. The van der Waals surface area contributed by atoms with E-state index in [-0.39, 0.29) is 12.3 Å². The standard InChI is InChI=1S/C17H20N2O2/c1-13-6-2-3-7-14(13)12-19-15-8-4-5-9-16(15)21-11-10-17(18)20/h2-9,19H,10-12H2,1H3,(H2,18,20). The topological polar surface area (TPSA) is 64.3 Å². The van der Waals surface area contributed by atoms with E-state index in [0.29, 0.717) is 6.61 Å². The first-order valence-corrected chi connectivity index (χ1v) is 6.95. The molecule has 0 aromatic heterocycles. The zero-order valence-electron chi connectivity index (χ0n) is 12.1. The minimum Gasteiger partial charge on any atom is -0.491 e. The first kappa shape index (κ1) is 14.9. The van der Waals surface area contributed by atoms with Crippen LogP contribution in [0.15, 0.2) is 48.5 Å². The minimum atomic E-state index is -0.361. The predicted molar refractivity (Wildman–Crippen MR) is 84.3 cm³/mol. The van der Waals surface area contributed by atoms with Crippen LogP contribution in [0.1, 0.15) is 17.5 Å². The Morgan fingerprint density at radius 2 is 1.86 bits per heavy atom. The summed E-state index contributed by atoms with van der Waals surface area (Å²) in [6.45, 7) is 3.10. The number of aryl methyl sites for hydroxylation is 1. The Hall–Kier alpha value is -2.49. The van der Waals surface area contributed by atoms with E-state index in [1.165, 1.54) is 11.1 Å². The van der Waals surface area contributed by atoms with Crippen LogP contribution < -0.4 is 15.8 Å². The van der Waals surface area contributed by atoms with Crippen LogP contribution in [0.25, 0.3) is 0 Å². The molecule has 2 aromatic carbocycles. The molecule has 1 amide bonds. The largest absolute Gasteiger partial charge is 0.491 e. The molecule has 0 aliphatic carbocycles. The molecule has 0 radical (unpaired) electrons. The second-order valence-corrected chi connectivity index (χ2v) is 4.84. The van der Waals surface area contributed by atoms with Crippen molar-refractivity contribution in [3.05, 3.63) is 59.7 Å². The molecule has 0 heterocycles. The lowest BCUT2D eigenvalue weighted by Gasteiger charge is -2.13. The van der Waals surface area contributed by atoms with Gasteiger partial charge in [0, 0.05) is 6.54 Å². The Morgan fingerprint density at radius 3 is 2.62 bits per heavy atom. The monoisotopic (exact) mass is 284 g/mol. The van der Waals surface area contributed by atoms with E-state index >= 15 is 0 Å². The number of ether oxygens (including phenoxy) is 1. The molecule has 3 N–H and O–H groups in total. The van der Waals surface area contributed by atoms with Gasteiger partial charge in [-0.25, -0.2) is 0 Å². The third-order valence-electron chi connectivity index (χ3n) is 3.22. The summed E-state index contributed by atoms with van der Waals surface area (Å²) in [5, 5.41) is 3.37. The first-order valence-electron chi connectivity index (χ1n) is 6.95. The molecule has 0 atom stereocenters. The van der Waals surface area contributed by atoms with Crippen molar-refractivity contribution in [2.24, 2.45) is 5.73 Å². The number of nitrogens with one attached hydrogen (secondary N) is 1. The fraction of sp³-hybridized carbons (Fsp3) is 0.235. The number of carbonyl (C=O) groups is 1. The fourth-order valence-electron chi connectivity index (χ4n) is 2.00. The molecular weight excluding hydrogens is 264 g/mol. The van der Waals surface area contributed by atoms with Gasteiger partial charge < -0.3 is 15.8 Å². The van der Waals surface area contributed by atoms with E-state index in [1.54, 1.807) is 0 Å². The van der Waals surface area contributed by atoms with Gasteiger partial charge in [-0.05, 0) is 30.2 Å². The summed E-state index contributed by atoms with van der Waals surface area (Å²) >= 11 is 0. The molecule has 0 unspecified atom stereocenters. The number of hydrogen-bond acceptors (Lipinski definition) is 3. The van der Waals surface area contributed by atoms with Gasteiger partial charge in [-0.3, -0.25) is 4.79 Å².